The van der Waals surface area contributed by atoms with Crippen LogP contribution >= 0.6 is 11.6 Å². The van der Waals surface area contributed by atoms with Crippen LogP contribution in [0.2, 0.25) is 5.02 Å². The van der Waals surface area contributed by atoms with Crippen LogP contribution in [-0.2, 0) is 15.9 Å². The van der Waals surface area contributed by atoms with E-state index in [1.165, 1.54) is 19.2 Å². The summed E-state index contributed by atoms with van der Waals surface area (Å²) in [6.45, 7) is -0.372. The van der Waals surface area contributed by atoms with Crippen molar-refractivity contribution in [1.29, 1.82) is 5.26 Å². The smallest absolute Gasteiger partial charge is 0.282 e. The molecule has 164 valence electrons. The molecule has 4 nitrogen and oxygen atoms in total. The molecule has 0 aromatic heterocycles. The molecule has 0 bridgehead atoms. The normalized spacial score (nSPS) is 26.3. The van der Waals surface area contributed by atoms with Crippen LogP contribution in [-0.4, -0.2) is 31.1 Å². The molecule has 0 heterocycles. The van der Waals surface area contributed by atoms with Gasteiger partial charge in [0.2, 0.25) is 0 Å². The van der Waals surface area contributed by atoms with Crippen LogP contribution in [0.5, 0.6) is 0 Å². The molecule has 0 fully saturated rings. The van der Waals surface area contributed by atoms with Gasteiger partial charge >= 0.3 is 0 Å². The van der Waals surface area contributed by atoms with Crippen molar-refractivity contribution in [2.24, 2.45) is 0 Å². The highest BCUT2D eigenvalue weighted by atomic mass is 35.5. The van der Waals surface area contributed by atoms with E-state index in [2.05, 4.69) is 0 Å². The lowest BCUT2D eigenvalue weighted by molar-refractivity contribution is -0.169. The van der Waals surface area contributed by atoms with Crippen molar-refractivity contribution < 1.29 is 32.1 Å². The molecule has 0 saturated carbocycles. The zero-order chi connectivity index (χ0) is 22.5. The van der Waals surface area contributed by atoms with E-state index >= 15 is 0 Å². The van der Waals surface area contributed by atoms with Crippen molar-refractivity contribution in [3.8, 4) is 6.07 Å². The number of hydrogen-bond acceptors (Lipinski definition) is 4. The Labute approximate surface area is 181 Å². The highest BCUT2D eigenvalue weighted by Gasteiger charge is 2.51. The van der Waals surface area contributed by atoms with Crippen molar-refractivity contribution in [3.63, 3.8) is 0 Å². The maximum absolute atomic E-state index is 14.8. The topological polar surface area (TPSA) is 62.5 Å². The summed E-state index contributed by atoms with van der Waals surface area (Å²) >= 11 is 6.24. The second-order valence-corrected chi connectivity index (χ2v) is 8.14. The number of benzene rings is 2. The molecule has 2 aliphatic carbocycles. The van der Waals surface area contributed by atoms with Crippen molar-refractivity contribution in [2.75, 3.05) is 13.9 Å². The van der Waals surface area contributed by atoms with Gasteiger partial charge in [-0.3, -0.25) is 0 Å². The van der Waals surface area contributed by atoms with Crippen LogP contribution in [0.1, 0.15) is 57.9 Å². The number of nitriles is 1. The largest absolute Gasteiger partial charge is 0.385 e. The number of hydrogen-bond donors (Lipinski definition) is 1. The fraction of sp³-hybridized carbons (Fsp3) is 0.409. The third-order valence-corrected chi connectivity index (χ3v) is 6.22. The minimum Gasteiger partial charge on any atom is -0.385 e. The summed E-state index contributed by atoms with van der Waals surface area (Å²) in [6.07, 6.45) is -5.97. The number of aliphatic hydroxyl groups is 1. The Morgan fingerprint density at radius 2 is 2.00 bits per heavy atom. The first-order chi connectivity index (χ1) is 14.7. The van der Waals surface area contributed by atoms with E-state index in [1.54, 1.807) is 0 Å². The zero-order valence-electron chi connectivity index (χ0n) is 16.3. The van der Waals surface area contributed by atoms with E-state index in [1.807, 2.05) is 6.07 Å². The second kappa shape index (κ2) is 8.06. The second-order valence-electron chi connectivity index (χ2n) is 7.74. The van der Waals surface area contributed by atoms with E-state index in [-0.39, 0.29) is 46.1 Å². The van der Waals surface area contributed by atoms with Crippen molar-refractivity contribution in [3.05, 3.63) is 68.5 Å². The minimum atomic E-state index is -3.28. The van der Waals surface area contributed by atoms with Gasteiger partial charge < -0.3 is 14.6 Å². The molecule has 0 saturated heterocycles. The van der Waals surface area contributed by atoms with Gasteiger partial charge in [-0.15, -0.1) is 0 Å². The maximum atomic E-state index is 14.8. The van der Waals surface area contributed by atoms with Crippen LogP contribution in [0.3, 0.4) is 0 Å². The molecule has 1 N–H and O–H groups in total. The van der Waals surface area contributed by atoms with Crippen LogP contribution in [0.25, 0.3) is 0 Å². The van der Waals surface area contributed by atoms with Gasteiger partial charge in [-0.1, -0.05) is 17.7 Å². The fourth-order valence-corrected chi connectivity index (χ4v) is 4.93. The van der Waals surface area contributed by atoms with E-state index in [4.69, 9.17) is 21.1 Å². The van der Waals surface area contributed by atoms with Gasteiger partial charge in [0.25, 0.3) is 5.92 Å². The van der Waals surface area contributed by atoms with E-state index in [9.17, 15) is 27.9 Å². The number of nitrogens with zero attached hydrogens (tertiary/aromatic N) is 1. The Hall–Kier alpha value is -2.18. The lowest BCUT2D eigenvalue weighted by Crippen LogP contribution is -2.27. The first kappa shape index (κ1) is 22.0. The number of methoxy groups -OCH3 is 1. The zero-order valence-corrected chi connectivity index (χ0v) is 17.1. The van der Waals surface area contributed by atoms with Gasteiger partial charge in [-0.2, -0.15) is 5.26 Å². The Kier molecular flexibility index (Phi) is 5.73. The van der Waals surface area contributed by atoms with Gasteiger partial charge in [-0.05, 0) is 46.9 Å². The third-order valence-electron chi connectivity index (χ3n) is 5.89. The summed E-state index contributed by atoms with van der Waals surface area (Å²) in [5.74, 6) is -4.91. The average Bonchev–Trinajstić information content (AvgIpc) is 2.99. The molecule has 4 atom stereocenters. The fourth-order valence-electron chi connectivity index (χ4n) is 4.66. The van der Waals surface area contributed by atoms with E-state index in [0.717, 1.165) is 12.1 Å². The number of alkyl halides is 3. The SMILES string of the molecule is COCO[C@H]1c2c(Cl)ccc([C@H]3C[C@H](F)[C@@H](O)c4cc(F)cc(C#N)c43)c2CC1(F)F. The van der Waals surface area contributed by atoms with Crippen molar-refractivity contribution in [2.45, 2.75) is 43.1 Å². The molecule has 2 aromatic carbocycles. The lowest BCUT2D eigenvalue weighted by atomic mass is 9.73. The lowest BCUT2D eigenvalue weighted by Gasteiger charge is -2.33. The molecule has 0 radical (unpaired) electrons. The minimum absolute atomic E-state index is 0.0547. The highest BCUT2D eigenvalue weighted by Crippen LogP contribution is 2.53. The molecule has 0 aliphatic heterocycles. The monoisotopic (exact) mass is 455 g/mol. The standard InChI is InChI=1S/C22H18ClF4NO3/c1-30-9-31-21-19-15(7-22(21,26)27)12(2-3-16(19)23)13-6-17(25)20(29)14-5-11(24)4-10(8-28)18(13)14/h2-5,13,17,20-21,29H,6-7,9H2,1H3/t13-,17+,20+,21+/m1/s1. The summed E-state index contributed by atoms with van der Waals surface area (Å²) in [4.78, 5) is 0. The van der Waals surface area contributed by atoms with Gasteiger partial charge in [0.15, 0.2) is 6.10 Å². The molecule has 0 unspecified atom stereocenters. The molecule has 0 amide bonds. The summed E-state index contributed by atoms with van der Waals surface area (Å²) < 4.78 is 68.3. The Balaban J connectivity index is 1.91. The quantitative estimate of drug-likeness (QED) is 0.514. The molecular weight excluding hydrogens is 438 g/mol. The summed E-state index contributed by atoms with van der Waals surface area (Å²) in [7, 11) is 1.31. The maximum Gasteiger partial charge on any atom is 0.282 e. The summed E-state index contributed by atoms with van der Waals surface area (Å²) in [5.41, 5.74) is 0.740. The van der Waals surface area contributed by atoms with Crippen molar-refractivity contribution >= 4 is 11.6 Å². The van der Waals surface area contributed by atoms with Crippen LogP contribution in [0, 0.1) is 17.1 Å². The molecule has 2 aliphatic rings. The average molecular weight is 456 g/mol. The number of fused-ring (bicyclic) bond motifs is 2. The Bertz CT molecular complexity index is 1070. The van der Waals surface area contributed by atoms with E-state index < -0.39 is 42.5 Å². The predicted octanol–water partition coefficient (Wildman–Crippen LogP) is 5.11. The number of halogens is 5. The molecule has 0 spiro atoms. The van der Waals surface area contributed by atoms with Gasteiger partial charge in [0.05, 0.1) is 11.6 Å². The summed E-state index contributed by atoms with van der Waals surface area (Å²) in [6, 6.07) is 6.79. The van der Waals surface area contributed by atoms with Crippen LogP contribution < -0.4 is 0 Å². The Morgan fingerprint density at radius 3 is 2.68 bits per heavy atom. The number of rotatable bonds is 4. The third kappa shape index (κ3) is 3.60. The predicted molar refractivity (Wildman–Crippen MR) is 103 cm³/mol. The van der Waals surface area contributed by atoms with Crippen LogP contribution in [0.4, 0.5) is 17.6 Å². The highest BCUT2D eigenvalue weighted by molar-refractivity contribution is 6.31. The van der Waals surface area contributed by atoms with Crippen LogP contribution in [0.15, 0.2) is 24.3 Å². The molecule has 9 heteroatoms. The number of aliphatic hydroxyl groups excluding tert-OH is 1. The summed E-state index contributed by atoms with van der Waals surface area (Å²) in [5, 5.41) is 19.9. The molecule has 4 rings (SSSR count). The van der Waals surface area contributed by atoms with Gasteiger partial charge in [-0.25, -0.2) is 17.6 Å². The molecule has 2 aromatic rings. The van der Waals surface area contributed by atoms with Gasteiger partial charge in [0, 0.05) is 30.0 Å². The van der Waals surface area contributed by atoms with Crippen molar-refractivity contribution in [1.82, 2.24) is 0 Å². The van der Waals surface area contributed by atoms with Gasteiger partial charge in [0.1, 0.15) is 24.9 Å². The molecule has 31 heavy (non-hydrogen) atoms. The first-order valence-corrected chi connectivity index (χ1v) is 9.92. The number of ether oxygens (including phenoxy) is 2. The Morgan fingerprint density at radius 1 is 1.26 bits per heavy atom. The first-order valence-electron chi connectivity index (χ1n) is 9.54. The molecular formula is C22H18ClF4NO3. The van der Waals surface area contributed by atoms with E-state index in [0.29, 0.717) is 5.56 Å².